The van der Waals surface area contributed by atoms with Crippen LogP contribution >= 0.6 is 0 Å². The highest BCUT2D eigenvalue weighted by atomic mass is 28.4. The van der Waals surface area contributed by atoms with E-state index in [4.69, 9.17) is 14.3 Å². The minimum Gasteiger partial charge on any atom is -0.523 e. The fourth-order valence-electron chi connectivity index (χ4n) is 1.69. The SMILES string of the molecule is CCCCC/C=C/O[Si](CC)(OC)C(=N)CC. The molecule has 1 atom stereocenters. The predicted molar refractivity (Wildman–Crippen MR) is 75.6 cm³/mol. The zero-order chi connectivity index (χ0) is 13.1. The first-order valence-corrected chi connectivity index (χ1v) is 8.65. The molecule has 0 rings (SSSR count). The summed E-state index contributed by atoms with van der Waals surface area (Å²) in [6, 6.07) is 0.787. The number of hydrogen-bond acceptors (Lipinski definition) is 3. The molecule has 0 heterocycles. The molecule has 0 aliphatic rings. The highest BCUT2D eigenvalue weighted by Gasteiger charge is 2.40. The van der Waals surface area contributed by atoms with E-state index in [1.165, 1.54) is 19.3 Å². The smallest absolute Gasteiger partial charge is 0.446 e. The standard InChI is InChI=1S/C13H27NO2Si/c1-5-8-9-10-11-12-16-17(7-3,15-4)13(14)6-2/h11-12,14H,5-10H2,1-4H3/b12-11+,14-13?. The zero-order valence-electron chi connectivity index (χ0n) is 11.7. The molecule has 100 valence electrons. The van der Waals surface area contributed by atoms with Crippen molar-refractivity contribution in [2.45, 2.75) is 58.9 Å². The number of nitrogens with one attached hydrogen (secondary N) is 1. The molecule has 17 heavy (non-hydrogen) atoms. The van der Waals surface area contributed by atoms with Crippen molar-refractivity contribution < 1.29 is 8.85 Å². The van der Waals surface area contributed by atoms with Crippen LogP contribution in [0.1, 0.15) is 52.9 Å². The third-order valence-corrected chi connectivity index (χ3v) is 6.32. The van der Waals surface area contributed by atoms with Gasteiger partial charge >= 0.3 is 8.56 Å². The van der Waals surface area contributed by atoms with Gasteiger partial charge < -0.3 is 14.3 Å². The average Bonchev–Trinajstić information content (AvgIpc) is 2.38. The first-order valence-electron chi connectivity index (χ1n) is 6.62. The van der Waals surface area contributed by atoms with Crippen LogP contribution in [0.2, 0.25) is 6.04 Å². The number of allylic oxidation sites excluding steroid dienone is 1. The van der Waals surface area contributed by atoms with E-state index in [0.717, 1.165) is 12.5 Å². The molecule has 0 aromatic carbocycles. The van der Waals surface area contributed by atoms with Gasteiger partial charge in [-0.05, 0) is 19.3 Å². The monoisotopic (exact) mass is 257 g/mol. The van der Waals surface area contributed by atoms with E-state index in [0.29, 0.717) is 11.8 Å². The Morgan fingerprint density at radius 2 is 1.94 bits per heavy atom. The molecule has 0 bridgehead atoms. The van der Waals surface area contributed by atoms with E-state index < -0.39 is 8.56 Å². The van der Waals surface area contributed by atoms with Gasteiger partial charge in [0.15, 0.2) is 0 Å². The molecule has 0 saturated carbocycles. The first kappa shape index (κ1) is 16.4. The van der Waals surface area contributed by atoms with Gasteiger partial charge in [-0.15, -0.1) is 0 Å². The maximum absolute atomic E-state index is 7.97. The van der Waals surface area contributed by atoms with Crippen LogP contribution in [0.3, 0.4) is 0 Å². The molecule has 0 amide bonds. The Labute approximate surface area is 107 Å². The number of rotatable bonds is 10. The van der Waals surface area contributed by atoms with Crippen LogP contribution < -0.4 is 0 Å². The summed E-state index contributed by atoms with van der Waals surface area (Å²) >= 11 is 0. The lowest BCUT2D eigenvalue weighted by atomic mass is 10.2. The van der Waals surface area contributed by atoms with Crippen LogP contribution in [-0.2, 0) is 8.85 Å². The van der Waals surface area contributed by atoms with E-state index in [1.54, 1.807) is 13.4 Å². The Balaban J connectivity index is 4.21. The van der Waals surface area contributed by atoms with Gasteiger partial charge in [-0.1, -0.05) is 39.7 Å². The van der Waals surface area contributed by atoms with Gasteiger partial charge in [0.1, 0.15) is 0 Å². The van der Waals surface area contributed by atoms with Crippen molar-refractivity contribution in [1.82, 2.24) is 0 Å². The van der Waals surface area contributed by atoms with E-state index in [9.17, 15) is 0 Å². The second-order valence-corrected chi connectivity index (χ2v) is 7.59. The fraction of sp³-hybridized carbons (Fsp3) is 0.769. The summed E-state index contributed by atoms with van der Waals surface area (Å²) in [6.07, 6.45) is 9.25. The van der Waals surface area contributed by atoms with Crippen molar-refractivity contribution in [3.05, 3.63) is 12.3 Å². The maximum Gasteiger partial charge on any atom is 0.446 e. The van der Waals surface area contributed by atoms with E-state index in [-0.39, 0.29) is 0 Å². The normalized spacial score (nSPS) is 14.8. The van der Waals surface area contributed by atoms with Crippen LogP contribution in [-0.4, -0.2) is 21.0 Å². The van der Waals surface area contributed by atoms with Crippen LogP contribution in [0.15, 0.2) is 12.3 Å². The van der Waals surface area contributed by atoms with Crippen molar-refractivity contribution >= 4 is 13.9 Å². The Bertz CT molecular complexity index is 238. The lowest BCUT2D eigenvalue weighted by molar-refractivity contribution is 0.289. The average molecular weight is 257 g/mol. The van der Waals surface area contributed by atoms with Gasteiger partial charge in [0.25, 0.3) is 0 Å². The van der Waals surface area contributed by atoms with E-state index in [1.807, 2.05) is 13.8 Å². The van der Waals surface area contributed by atoms with Crippen molar-refractivity contribution in [1.29, 1.82) is 5.41 Å². The summed E-state index contributed by atoms with van der Waals surface area (Å²) in [6.45, 7) is 6.21. The second kappa shape index (κ2) is 9.42. The van der Waals surface area contributed by atoms with Crippen LogP contribution in [0.5, 0.6) is 0 Å². The predicted octanol–water partition coefficient (Wildman–Crippen LogP) is 4.17. The summed E-state index contributed by atoms with van der Waals surface area (Å²) < 4.78 is 11.3. The zero-order valence-corrected chi connectivity index (χ0v) is 12.7. The van der Waals surface area contributed by atoms with Crippen LogP contribution in [0, 0.1) is 5.41 Å². The molecule has 4 heteroatoms. The first-order chi connectivity index (χ1) is 8.16. The minimum absolute atomic E-state index is 0.626. The van der Waals surface area contributed by atoms with Gasteiger partial charge in [0.2, 0.25) is 0 Å². The molecule has 0 fully saturated rings. The van der Waals surface area contributed by atoms with Gasteiger partial charge in [0, 0.05) is 13.2 Å². The molecule has 0 aliphatic heterocycles. The number of unbranched alkanes of at least 4 members (excludes halogenated alkanes) is 3. The van der Waals surface area contributed by atoms with Crippen LogP contribution in [0.4, 0.5) is 0 Å². The van der Waals surface area contributed by atoms with Crippen molar-refractivity contribution in [2.75, 3.05) is 7.11 Å². The molecule has 0 radical (unpaired) electrons. The molecular formula is C13H27NO2Si. The maximum atomic E-state index is 7.97. The Morgan fingerprint density at radius 1 is 1.24 bits per heavy atom. The Morgan fingerprint density at radius 3 is 2.41 bits per heavy atom. The largest absolute Gasteiger partial charge is 0.523 e. The lowest BCUT2D eigenvalue weighted by Gasteiger charge is -2.26. The summed E-state index contributed by atoms with van der Waals surface area (Å²) in [5.74, 6) is 0. The summed E-state index contributed by atoms with van der Waals surface area (Å²) in [7, 11) is -0.761. The highest BCUT2D eigenvalue weighted by molar-refractivity contribution is 6.97. The lowest BCUT2D eigenvalue weighted by Crippen LogP contribution is -2.47. The quantitative estimate of drug-likeness (QED) is 0.276. The molecule has 0 aromatic heterocycles. The molecular weight excluding hydrogens is 230 g/mol. The summed E-state index contributed by atoms with van der Waals surface area (Å²) in [5, 5.41) is 8.59. The molecule has 0 spiro atoms. The second-order valence-electron chi connectivity index (χ2n) is 4.13. The molecule has 0 saturated heterocycles. The van der Waals surface area contributed by atoms with Crippen LogP contribution in [0.25, 0.3) is 0 Å². The summed E-state index contributed by atoms with van der Waals surface area (Å²) in [4.78, 5) is 0. The minimum atomic E-state index is -2.42. The van der Waals surface area contributed by atoms with Crippen molar-refractivity contribution in [3.8, 4) is 0 Å². The topological polar surface area (TPSA) is 42.3 Å². The molecule has 3 nitrogen and oxygen atoms in total. The van der Waals surface area contributed by atoms with Gasteiger partial charge in [-0.3, -0.25) is 0 Å². The molecule has 0 aromatic rings. The van der Waals surface area contributed by atoms with Crippen molar-refractivity contribution in [2.24, 2.45) is 0 Å². The molecule has 1 N–H and O–H groups in total. The highest BCUT2D eigenvalue weighted by Crippen LogP contribution is 2.16. The Hall–Kier alpha value is -0.613. The third kappa shape index (κ3) is 5.50. The Kier molecular flexibility index (Phi) is 9.08. The molecule has 0 aliphatic carbocycles. The van der Waals surface area contributed by atoms with Gasteiger partial charge in [-0.25, -0.2) is 0 Å². The molecule has 1 unspecified atom stereocenters. The van der Waals surface area contributed by atoms with Gasteiger partial charge in [-0.2, -0.15) is 0 Å². The van der Waals surface area contributed by atoms with E-state index in [2.05, 4.69) is 13.0 Å². The number of hydrogen-bond donors (Lipinski definition) is 1. The van der Waals surface area contributed by atoms with E-state index >= 15 is 0 Å². The summed E-state index contributed by atoms with van der Waals surface area (Å²) in [5.41, 5.74) is 0. The van der Waals surface area contributed by atoms with Crippen molar-refractivity contribution in [3.63, 3.8) is 0 Å². The third-order valence-electron chi connectivity index (χ3n) is 2.94. The fourth-order valence-corrected chi connectivity index (χ4v) is 3.91. The van der Waals surface area contributed by atoms with Gasteiger partial charge in [0.05, 0.1) is 11.6 Å².